The van der Waals surface area contributed by atoms with Crippen LogP contribution in [-0.4, -0.2) is 48.5 Å². The highest BCUT2D eigenvalue weighted by molar-refractivity contribution is 7.13. The average molecular weight is 399 g/mol. The van der Waals surface area contributed by atoms with Crippen LogP contribution in [0.4, 0.5) is 11.4 Å². The zero-order chi connectivity index (χ0) is 19.3. The molecule has 0 aliphatic carbocycles. The molecule has 6 heteroatoms. The van der Waals surface area contributed by atoms with Gasteiger partial charge >= 0.3 is 0 Å². The van der Waals surface area contributed by atoms with Gasteiger partial charge in [0.15, 0.2) is 0 Å². The Balaban J connectivity index is 1.35. The van der Waals surface area contributed by atoms with E-state index in [0.717, 1.165) is 47.3 Å². The first-order valence-corrected chi connectivity index (χ1v) is 11.4. The molecule has 0 saturated carbocycles. The molecule has 2 aliphatic heterocycles. The molecule has 2 aromatic rings. The van der Waals surface area contributed by atoms with E-state index >= 15 is 0 Å². The highest BCUT2D eigenvalue weighted by Gasteiger charge is 2.18. The van der Waals surface area contributed by atoms with Crippen molar-refractivity contribution >= 4 is 28.6 Å². The van der Waals surface area contributed by atoms with Crippen molar-refractivity contribution in [2.45, 2.75) is 45.4 Å². The summed E-state index contributed by atoms with van der Waals surface area (Å²) in [6.45, 7) is 7.64. The predicted molar refractivity (Wildman–Crippen MR) is 117 cm³/mol. The third kappa shape index (κ3) is 4.73. The first-order chi connectivity index (χ1) is 13.7. The number of carbonyl (C=O) groups is 1. The molecule has 0 bridgehead atoms. The summed E-state index contributed by atoms with van der Waals surface area (Å²) in [6, 6.07) is 8.24. The van der Waals surface area contributed by atoms with E-state index in [1.54, 1.807) is 0 Å². The molecule has 1 aromatic carbocycles. The van der Waals surface area contributed by atoms with Crippen molar-refractivity contribution in [3.63, 3.8) is 0 Å². The van der Waals surface area contributed by atoms with E-state index in [4.69, 9.17) is 0 Å². The summed E-state index contributed by atoms with van der Waals surface area (Å²) in [6.07, 6.45) is 7.41. The number of benzene rings is 1. The van der Waals surface area contributed by atoms with Crippen LogP contribution >= 0.6 is 11.3 Å². The second-order valence-electron chi connectivity index (χ2n) is 7.87. The summed E-state index contributed by atoms with van der Waals surface area (Å²) in [5.41, 5.74) is 2.93. The molecule has 2 fully saturated rings. The Morgan fingerprint density at radius 3 is 2.43 bits per heavy atom. The molecule has 2 saturated heterocycles. The minimum atomic E-state index is -0.0480. The Kier molecular flexibility index (Phi) is 6.27. The lowest BCUT2D eigenvalue weighted by Gasteiger charge is -2.28. The maximum absolute atomic E-state index is 12.7. The fourth-order valence-corrected chi connectivity index (χ4v) is 5.07. The SMILES string of the molecule is Cc1nc(CCN2CCCC2)sc1C(=O)Nc1ccc(N2CCCCC2)cc1. The minimum absolute atomic E-state index is 0.0480. The van der Waals surface area contributed by atoms with Crippen LogP contribution in [0.1, 0.15) is 52.5 Å². The van der Waals surface area contributed by atoms with Gasteiger partial charge in [-0.1, -0.05) is 0 Å². The number of nitrogens with zero attached hydrogens (tertiary/aromatic N) is 3. The molecule has 1 amide bonds. The van der Waals surface area contributed by atoms with Crippen LogP contribution in [0.2, 0.25) is 0 Å². The molecule has 0 unspecified atom stereocenters. The summed E-state index contributed by atoms with van der Waals surface area (Å²) < 4.78 is 0. The number of aryl methyl sites for hydroxylation is 1. The molecule has 1 aromatic heterocycles. The maximum atomic E-state index is 12.7. The van der Waals surface area contributed by atoms with Crippen LogP contribution in [0.15, 0.2) is 24.3 Å². The minimum Gasteiger partial charge on any atom is -0.372 e. The van der Waals surface area contributed by atoms with Gasteiger partial charge in [-0.3, -0.25) is 4.79 Å². The van der Waals surface area contributed by atoms with Gasteiger partial charge in [0.1, 0.15) is 4.88 Å². The smallest absolute Gasteiger partial charge is 0.267 e. The fraction of sp³-hybridized carbons (Fsp3) is 0.545. The summed E-state index contributed by atoms with van der Waals surface area (Å²) in [7, 11) is 0. The molecule has 0 radical (unpaired) electrons. The number of anilines is 2. The zero-order valence-electron chi connectivity index (χ0n) is 16.7. The van der Waals surface area contributed by atoms with Crippen molar-refractivity contribution in [1.29, 1.82) is 0 Å². The molecule has 3 heterocycles. The van der Waals surface area contributed by atoms with E-state index in [1.165, 1.54) is 62.2 Å². The lowest BCUT2D eigenvalue weighted by molar-refractivity contribution is 0.103. The van der Waals surface area contributed by atoms with Gasteiger partial charge < -0.3 is 15.1 Å². The zero-order valence-corrected chi connectivity index (χ0v) is 17.6. The van der Waals surface area contributed by atoms with E-state index < -0.39 is 0 Å². The second kappa shape index (κ2) is 9.05. The highest BCUT2D eigenvalue weighted by atomic mass is 32.1. The molecule has 5 nitrogen and oxygen atoms in total. The largest absolute Gasteiger partial charge is 0.372 e. The number of piperidine rings is 1. The number of nitrogens with one attached hydrogen (secondary N) is 1. The van der Waals surface area contributed by atoms with E-state index in [0.29, 0.717) is 0 Å². The number of hydrogen-bond donors (Lipinski definition) is 1. The van der Waals surface area contributed by atoms with Crippen molar-refractivity contribution in [1.82, 2.24) is 9.88 Å². The molecule has 28 heavy (non-hydrogen) atoms. The van der Waals surface area contributed by atoms with Crippen molar-refractivity contribution in [3.05, 3.63) is 39.8 Å². The molecular weight excluding hydrogens is 368 g/mol. The van der Waals surface area contributed by atoms with Crippen LogP contribution in [-0.2, 0) is 6.42 Å². The Morgan fingerprint density at radius 2 is 1.71 bits per heavy atom. The molecule has 4 rings (SSSR count). The van der Waals surface area contributed by atoms with Crippen molar-refractivity contribution in [2.24, 2.45) is 0 Å². The average Bonchev–Trinajstić information content (AvgIpc) is 3.37. The topological polar surface area (TPSA) is 48.5 Å². The Morgan fingerprint density at radius 1 is 1.04 bits per heavy atom. The Bertz CT molecular complexity index is 789. The molecular formula is C22H30N4OS. The van der Waals surface area contributed by atoms with E-state index in [1.807, 2.05) is 19.1 Å². The van der Waals surface area contributed by atoms with Crippen LogP contribution < -0.4 is 10.2 Å². The van der Waals surface area contributed by atoms with Crippen LogP contribution in [0, 0.1) is 6.92 Å². The molecule has 0 atom stereocenters. The van der Waals surface area contributed by atoms with Crippen molar-refractivity contribution < 1.29 is 4.79 Å². The molecule has 2 aliphatic rings. The number of amides is 1. The summed E-state index contributed by atoms with van der Waals surface area (Å²) in [4.78, 5) is 23.0. The van der Waals surface area contributed by atoms with Gasteiger partial charge in [0.25, 0.3) is 5.91 Å². The standard InChI is InChI=1S/C22H30N4OS/c1-17-21(28-20(23-17)11-16-25-12-5-6-13-25)22(27)24-18-7-9-19(10-8-18)26-14-3-2-4-15-26/h7-10H,2-6,11-16H2,1H3,(H,24,27). The van der Waals surface area contributed by atoms with Crippen molar-refractivity contribution in [3.8, 4) is 0 Å². The quantitative estimate of drug-likeness (QED) is 0.787. The third-order valence-electron chi connectivity index (χ3n) is 5.73. The molecule has 150 valence electrons. The van der Waals surface area contributed by atoms with Gasteiger partial charge in [0, 0.05) is 37.4 Å². The molecule has 1 N–H and O–H groups in total. The first kappa shape index (κ1) is 19.4. The van der Waals surface area contributed by atoms with Gasteiger partial charge in [0.05, 0.1) is 10.7 Å². The van der Waals surface area contributed by atoms with Gasteiger partial charge in [-0.15, -0.1) is 11.3 Å². The Labute approximate surface area is 171 Å². The van der Waals surface area contributed by atoms with Crippen LogP contribution in [0.25, 0.3) is 0 Å². The van der Waals surface area contributed by atoms with Gasteiger partial charge in [-0.2, -0.15) is 0 Å². The number of thiazole rings is 1. The normalized spacial score (nSPS) is 17.8. The van der Waals surface area contributed by atoms with Crippen LogP contribution in [0.5, 0.6) is 0 Å². The van der Waals surface area contributed by atoms with Gasteiger partial charge in [0.2, 0.25) is 0 Å². The van der Waals surface area contributed by atoms with Gasteiger partial charge in [-0.05, 0) is 76.4 Å². The number of rotatable bonds is 6. The fourth-order valence-electron chi connectivity index (χ4n) is 4.13. The number of aromatic nitrogens is 1. The van der Waals surface area contributed by atoms with E-state index in [-0.39, 0.29) is 5.91 Å². The first-order valence-electron chi connectivity index (χ1n) is 10.5. The summed E-state index contributed by atoms with van der Waals surface area (Å²) >= 11 is 1.54. The second-order valence-corrected chi connectivity index (χ2v) is 8.95. The summed E-state index contributed by atoms with van der Waals surface area (Å²) in [5.74, 6) is -0.0480. The molecule has 0 spiro atoms. The lowest BCUT2D eigenvalue weighted by Crippen LogP contribution is -2.29. The third-order valence-corrected chi connectivity index (χ3v) is 6.95. The monoisotopic (exact) mass is 398 g/mol. The Hall–Kier alpha value is -1.92. The van der Waals surface area contributed by atoms with Crippen molar-refractivity contribution in [2.75, 3.05) is 42.9 Å². The van der Waals surface area contributed by atoms with E-state index in [2.05, 4.69) is 32.2 Å². The highest BCUT2D eigenvalue weighted by Crippen LogP contribution is 2.24. The number of carbonyl (C=O) groups excluding carboxylic acids is 1. The van der Waals surface area contributed by atoms with Gasteiger partial charge in [-0.25, -0.2) is 4.98 Å². The van der Waals surface area contributed by atoms with Crippen LogP contribution in [0.3, 0.4) is 0 Å². The number of likely N-dealkylation sites (tertiary alicyclic amines) is 1. The lowest BCUT2D eigenvalue weighted by atomic mass is 10.1. The van der Waals surface area contributed by atoms with E-state index in [9.17, 15) is 4.79 Å². The maximum Gasteiger partial charge on any atom is 0.267 e. The summed E-state index contributed by atoms with van der Waals surface area (Å²) in [5, 5.41) is 4.11. The number of hydrogen-bond acceptors (Lipinski definition) is 5. The predicted octanol–water partition coefficient (Wildman–Crippen LogP) is 4.33.